The van der Waals surface area contributed by atoms with E-state index in [2.05, 4.69) is 12.2 Å². The molecule has 5 heteroatoms. The van der Waals surface area contributed by atoms with Crippen LogP contribution in [-0.2, 0) is 6.18 Å². The van der Waals surface area contributed by atoms with Gasteiger partial charge in [-0.05, 0) is 19.0 Å². The molecule has 1 unspecified atom stereocenters. The summed E-state index contributed by atoms with van der Waals surface area (Å²) in [5.74, 6) is -1.15. The number of benzene rings is 1. The van der Waals surface area contributed by atoms with Crippen LogP contribution in [0.3, 0.4) is 0 Å². The molecule has 0 aliphatic heterocycles. The molecule has 0 heterocycles. The molecule has 1 aromatic rings. The molecule has 120 valence electrons. The van der Waals surface area contributed by atoms with E-state index >= 15 is 0 Å². The summed E-state index contributed by atoms with van der Waals surface area (Å²) in [6, 6.07) is 3.14. The van der Waals surface area contributed by atoms with Crippen molar-refractivity contribution < 1.29 is 17.6 Å². The van der Waals surface area contributed by atoms with E-state index in [-0.39, 0.29) is 11.6 Å². The van der Waals surface area contributed by atoms with Gasteiger partial charge in [-0.2, -0.15) is 13.2 Å². The lowest BCUT2D eigenvalue weighted by Gasteiger charge is -2.21. The van der Waals surface area contributed by atoms with Crippen molar-refractivity contribution in [2.45, 2.75) is 58.2 Å². The Morgan fingerprint density at radius 3 is 2.38 bits per heavy atom. The van der Waals surface area contributed by atoms with Crippen LogP contribution in [0.4, 0.5) is 17.6 Å². The van der Waals surface area contributed by atoms with Crippen LogP contribution < -0.4 is 5.32 Å². The normalized spacial score (nSPS) is 13.4. The first-order valence-electron chi connectivity index (χ1n) is 7.50. The highest BCUT2D eigenvalue weighted by molar-refractivity contribution is 5.30. The highest BCUT2D eigenvalue weighted by Crippen LogP contribution is 2.34. The Balaban J connectivity index is 2.92. The Bertz CT molecular complexity index is 429. The SMILES string of the molecule is CCCCCCC(NCC)c1cccc(C(F)(F)F)c1F. The lowest BCUT2D eigenvalue weighted by Crippen LogP contribution is -2.23. The van der Waals surface area contributed by atoms with E-state index in [0.29, 0.717) is 13.0 Å². The number of alkyl halides is 3. The lowest BCUT2D eigenvalue weighted by molar-refractivity contribution is -0.140. The molecule has 21 heavy (non-hydrogen) atoms. The van der Waals surface area contributed by atoms with Crippen molar-refractivity contribution in [3.63, 3.8) is 0 Å². The van der Waals surface area contributed by atoms with Crippen LogP contribution in [0.15, 0.2) is 18.2 Å². The van der Waals surface area contributed by atoms with Gasteiger partial charge in [0.25, 0.3) is 0 Å². The molecule has 0 aliphatic rings. The average molecular weight is 305 g/mol. The van der Waals surface area contributed by atoms with Gasteiger partial charge in [0.05, 0.1) is 5.56 Å². The third-order valence-electron chi connectivity index (χ3n) is 3.51. The molecule has 0 bridgehead atoms. The predicted octanol–water partition coefficient (Wildman–Crippen LogP) is 5.47. The Morgan fingerprint density at radius 1 is 1.10 bits per heavy atom. The van der Waals surface area contributed by atoms with Crippen molar-refractivity contribution in [3.05, 3.63) is 35.1 Å². The number of hydrogen-bond donors (Lipinski definition) is 1. The second-order valence-electron chi connectivity index (χ2n) is 5.17. The second kappa shape index (κ2) is 8.37. The van der Waals surface area contributed by atoms with Crippen LogP contribution >= 0.6 is 0 Å². The van der Waals surface area contributed by atoms with Gasteiger partial charge in [0, 0.05) is 11.6 Å². The van der Waals surface area contributed by atoms with Crippen LogP contribution in [0, 0.1) is 5.82 Å². The first-order chi connectivity index (χ1) is 9.91. The molecule has 1 N–H and O–H groups in total. The molecule has 0 radical (unpaired) electrons. The molecular formula is C16H23F4N. The maximum absolute atomic E-state index is 14.2. The standard InChI is InChI=1S/C16H23F4N/c1-3-5-6-7-11-14(21-4-2)12-9-8-10-13(15(12)17)16(18,19)20/h8-10,14,21H,3-7,11H2,1-2H3. The zero-order valence-electron chi connectivity index (χ0n) is 12.6. The summed E-state index contributed by atoms with van der Waals surface area (Å²) >= 11 is 0. The monoisotopic (exact) mass is 305 g/mol. The first-order valence-corrected chi connectivity index (χ1v) is 7.50. The maximum Gasteiger partial charge on any atom is 0.419 e. The lowest BCUT2D eigenvalue weighted by atomic mass is 9.97. The Hall–Kier alpha value is -1.10. The van der Waals surface area contributed by atoms with E-state index in [1.807, 2.05) is 6.92 Å². The van der Waals surface area contributed by atoms with Crippen molar-refractivity contribution in [2.24, 2.45) is 0 Å². The van der Waals surface area contributed by atoms with Gasteiger partial charge in [-0.15, -0.1) is 0 Å². The Morgan fingerprint density at radius 2 is 1.81 bits per heavy atom. The van der Waals surface area contributed by atoms with Gasteiger partial charge in [0.15, 0.2) is 0 Å². The molecule has 0 saturated heterocycles. The third-order valence-corrected chi connectivity index (χ3v) is 3.51. The third kappa shape index (κ3) is 5.30. The molecule has 0 fully saturated rings. The summed E-state index contributed by atoms with van der Waals surface area (Å²) in [5.41, 5.74) is -1.07. The highest BCUT2D eigenvalue weighted by atomic mass is 19.4. The summed E-state index contributed by atoms with van der Waals surface area (Å²) in [6.07, 6.45) is 0.0546. The van der Waals surface area contributed by atoms with Gasteiger partial charge < -0.3 is 5.32 Å². The molecule has 1 aromatic carbocycles. The van der Waals surface area contributed by atoms with Crippen LogP contribution in [0.1, 0.15) is 63.1 Å². The number of nitrogens with one attached hydrogen (secondary N) is 1. The van der Waals surface area contributed by atoms with E-state index in [0.717, 1.165) is 31.7 Å². The number of hydrogen-bond acceptors (Lipinski definition) is 1. The number of unbranched alkanes of at least 4 members (excludes halogenated alkanes) is 3. The minimum atomic E-state index is -4.65. The van der Waals surface area contributed by atoms with E-state index < -0.39 is 17.6 Å². The zero-order chi connectivity index (χ0) is 15.9. The molecule has 1 atom stereocenters. The van der Waals surface area contributed by atoms with Crippen molar-refractivity contribution in [2.75, 3.05) is 6.54 Å². The molecule has 0 aromatic heterocycles. The minimum absolute atomic E-state index is 0.114. The molecule has 0 spiro atoms. The summed E-state index contributed by atoms with van der Waals surface area (Å²) in [7, 11) is 0. The summed E-state index contributed by atoms with van der Waals surface area (Å²) in [5, 5.41) is 3.09. The summed E-state index contributed by atoms with van der Waals surface area (Å²) < 4.78 is 52.5. The average Bonchev–Trinajstić information content (AvgIpc) is 2.41. The number of rotatable bonds is 8. The topological polar surface area (TPSA) is 12.0 Å². The van der Waals surface area contributed by atoms with Crippen molar-refractivity contribution in [1.29, 1.82) is 0 Å². The fourth-order valence-electron chi connectivity index (χ4n) is 2.43. The summed E-state index contributed by atoms with van der Waals surface area (Å²) in [4.78, 5) is 0. The van der Waals surface area contributed by atoms with Gasteiger partial charge in [0.2, 0.25) is 0 Å². The number of halogens is 4. The Labute approximate surface area is 123 Å². The van der Waals surface area contributed by atoms with Gasteiger partial charge >= 0.3 is 6.18 Å². The van der Waals surface area contributed by atoms with Crippen molar-refractivity contribution >= 4 is 0 Å². The van der Waals surface area contributed by atoms with Crippen molar-refractivity contribution in [1.82, 2.24) is 5.32 Å². The van der Waals surface area contributed by atoms with E-state index in [4.69, 9.17) is 0 Å². The van der Waals surface area contributed by atoms with Crippen LogP contribution in [-0.4, -0.2) is 6.54 Å². The largest absolute Gasteiger partial charge is 0.419 e. The van der Waals surface area contributed by atoms with E-state index in [1.165, 1.54) is 12.1 Å². The molecule has 0 saturated carbocycles. The van der Waals surface area contributed by atoms with Gasteiger partial charge in [-0.25, -0.2) is 4.39 Å². The maximum atomic E-state index is 14.2. The molecular weight excluding hydrogens is 282 g/mol. The predicted molar refractivity (Wildman–Crippen MR) is 76.6 cm³/mol. The van der Waals surface area contributed by atoms with Crippen LogP contribution in [0.5, 0.6) is 0 Å². The zero-order valence-corrected chi connectivity index (χ0v) is 12.6. The molecule has 0 aliphatic carbocycles. The molecule has 1 rings (SSSR count). The van der Waals surface area contributed by atoms with Gasteiger partial charge in [-0.1, -0.05) is 51.7 Å². The fourth-order valence-corrected chi connectivity index (χ4v) is 2.43. The van der Waals surface area contributed by atoms with Gasteiger partial charge in [-0.3, -0.25) is 0 Å². The van der Waals surface area contributed by atoms with E-state index in [9.17, 15) is 17.6 Å². The van der Waals surface area contributed by atoms with Crippen LogP contribution in [0.25, 0.3) is 0 Å². The second-order valence-corrected chi connectivity index (χ2v) is 5.17. The fraction of sp³-hybridized carbons (Fsp3) is 0.625. The molecule has 1 nitrogen and oxygen atoms in total. The summed E-state index contributed by atoms with van der Waals surface area (Å²) in [6.45, 7) is 4.55. The first kappa shape index (κ1) is 18.0. The quantitative estimate of drug-likeness (QED) is 0.496. The highest BCUT2D eigenvalue weighted by Gasteiger charge is 2.35. The smallest absolute Gasteiger partial charge is 0.310 e. The molecule has 0 amide bonds. The minimum Gasteiger partial charge on any atom is -0.310 e. The Kier molecular flexibility index (Phi) is 7.15. The van der Waals surface area contributed by atoms with Gasteiger partial charge in [0.1, 0.15) is 5.82 Å². The van der Waals surface area contributed by atoms with Crippen LogP contribution in [0.2, 0.25) is 0 Å². The van der Waals surface area contributed by atoms with E-state index in [1.54, 1.807) is 0 Å². The van der Waals surface area contributed by atoms with Crippen molar-refractivity contribution in [3.8, 4) is 0 Å².